The molecule has 1 fully saturated rings. The summed E-state index contributed by atoms with van der Waals surface area (Å²) in [7, 11) is 3.37. The standard InChI is InChI=1S/C24H29N3O3/c1-16(2)17-5-7-18(8-6-17)24-25-23(30-26-24)15-27(20-9-10-20)14-19-13-21(28-3)11-12-22(19)29-4/h5-8,11-13,16,20H,9-10,14-15H2,1-4H3. The van der Waals surface area contributed by atoms with Crippen LogP contribution in [0.15, 0.2) is 47.0 Å². The van der Waals surface area contributed by atoms with E-state index in [-0.39, 0.29) is 0 Å². The lowest BCUT2D eigenvalue weighted by Crippen LogP contribution is -2.25. The van der Waals surface area contributed by atoms with Crippen LogP contribution in [-0.2, 0) is 13.1 Å². The fourth-order valence-corrected chi connectivity index (χ4v) is 3.61. The lowest BCUT2D eigenvalue weighted by Gasteiger charge is -2.21. The van der Waals surface area contributed by atoms with E-state index < -0.39 is 0 Å². The van der Waals surface area contributed by atoms with E-state index in [1.54, 1.807) is 14.2 Å². The maximum Gasteiger partial charge on any atom is 0.241 e. The number of hydrogen-bond donors (Lipinski definition) is 0. The molecule has 1 aliphatic rings. The van der Waals surface area contributed by atoms with Crippen molar-refractivity contribution in [1.82, 2.24) is 15.0 Å². The van der Waals surface area contributed by atoms with E-state index in [4.69, 9.17) is 14.0 Å². The lowest BCUT2D eigenvalue weighted by molar-refractivity contribution is 0.207. The summed E-state index contributed by atoms with van der Waals surface area (Å²) in [4.78, 5) is 7.02. The molecule has 0 unspecified atom stereocenters. The van der Waals surface area contributed by atoms with Crippen molar-refractivity contribution in [3.63, 3.8) is 0 Å². The number of aromatic nitrogens is 2. The van der Waals surface area contributed by atoms with Crippen LogP contribution >= 0.6 is 0 Å². The molecule has 6 nitrogen and oxygen atoms in total. The molecule has 0 atom stereocenters. The smallest absolute Gasteiger partial charge is 0.241 e. The minimum Gasteiger partial charge on any atom is -0.497 e. The van der Waals surface area contributed by atoms with Crippen molar-refractivity contribution < 1.29 is 14.0 Å². The van der Waals surface area contributed by atoms with Crippen molar-refractivity contribution in [1.29, 1.82) is 0 Å². The Morgan fingerprint density at radius 1 is 1.03 bits per heavy atom. The third-order valence-corrected chi connectivity index (χ3v) is 5.57. The zero-order valence-corrected chi connectivity index (χ0v) is 18.1. The van der Waals surface area contributed by atoms with Gasteiger partial charge in [-0.3, -0.25) is 4.90 Å². The van der Waals surface area contributed by atoms with Crippen molar-refractivity contribution in [2.24, 2.45) is 0 Å². The summed E-state index contributed by atoms with van der Waals surface area (Å²) < 4.78 is 16.5. The number of hydrogen-bond acceptors (Lipinski definition) is 6. The first kappa shape index (κ1) is 20.4. The van der Waals surface area contributed by atoms with Gasteiger partial charge < -0.3 is 14.0 Å². The van der Waals surface area contributed by atoms with Gasteiger partial charge in [-0.15, -0.1) is 0 Å². The van der Waals surface area contributed by atoms with E-state index in [1.165, 1.54) is 18.4 Å². The highest BCUT2D eigenvalue weighted by Gasteiger charge is 2.31. The van der Waals surface area contributed by atoms with Crippen molar-refractivity contribution in [2.75, 3.05) is 14.2 Å². The van der Waals surface area contributed by atoms with Crippen LogP contribution in [0.25, 0.3) is 11.4 Å². The fraction of sp³-hybridized carbons (Fsp3) is 0.417. The number of ether oxygens (including phenoxy) is 2. The first-order valence-electron chi connectivity index (χ1n) is 10.4. The zero-order chi connectivity index (χ0) is 21.1. The minimum absolute atomic E-state index is 0.501. The van der Waals surface area contributed by atoms with E-state index in [9.17, 15) is 0 Å². The number of benzene rings is 2. The van der Waals surface area contributed by atoms with Gasteiger partial charge in [0.2, 0.25) is 11.7 Å². The topological polar surface area (TPSA) is 60.6 Å². The molecule has 0 spiro atoms. The van der Waals surface area contributed by atoms with Gasteiger partial charge in [-0.05, 0) is 42.5 Å². The highest BCUT2D eigenvalue weighted by molar-refractivity contribution is 5.54. The maximum atomic E-state index is 5.59. The van der Waals surface area contributed by atoms with Gasteiger partial charge in [-0.1, -0.05) is 43.3 Å². The molecule has 6 heteroatoms. The van der Waals surface area contributed by atoms with E-state index >= 15 is 0 Å². The van der Waals surface area contributed by atoms with Gasteiger partial charge in [0, 0.05) is 23.7 Å². The van der Waals surface area contributed by atoms with Crippen LogP contribution in [0.3, 0.4) is 0 Å². The molecular weight excluding hydrogens is 378 g/mol. The van der Waals surface area contributed by atoms with Crippen LogP contribution in [0.1, 0.15) is 49.6 Å². The van der Waals surface area contributed by atoms with E-state index in [0.29, 0.717) is 30.2 Å². The second kappa shape index (κ2) is 8.88. The summed E-state index contributed by atoms with van der Waals surface area (Å²) in [6, 6.07) is 14.8. The molecule has 4 rings (SSSR count). The number of nitrogens with zero attached hydrogens (tertiary/aromatic N) is 3. The van der Waals surface area contributed by atoms with Crippen LogP contribution < -0.4 is 9.47 Å². The Morgan fingerprint density at radius 3 is 2.43 bits per heavy atom. The maximum absolute atomic E-state index is 5.59. The van der Waals surface area contributed by atoms with E-state index in [1.807, 2.05) is 18.2 Å². The molecule has 0 bridgehead atoms. The highest BCUT2D eigenvalue weighted by atomic mass is 16.5. The van der Waals surface area contributed by atoms with Crippen molar-refractivity contribution in [3.05, 3.63) is 59.5 Å². The summed E-state index contributed by atoms with van der Waals surface area (Å²) in [5.74, 6) is 3.45. The quantitative estimate of drug-likeness (QED) is 0.495. The minimum atomic E-state index is 0.501. The molecule has 0 N–H and O–H groups in total. The Morgan fingerprint density at radius 2 is 1.80 bits per heavy atom. The van der Waals surface area contributed by atoms with Crippen molar-refractivity contribution in [3.8, 4) is 22.9 Å². The SMILES string of the molecule is COc1ccc(OC)c(CN(Cc2nc(-c3ccc(C(C)C)cc3)no2)C2CC2)c1. The van der Waals surface area contributed by atoms with Crippen LogP contribution in [0.2, 0.25) is 0 Å². The highest BCUT2D eigenvalue weighted by Crippen LogP contribution is 2.33. The lowest BCUT2D eigenvalue weighted by atomic mass is 10.0. The van der Waals surface area contributed by atoms with Crippen LogP contribution in [0, 0.1) is 0 Å². The molecule has 3 aromatic rings. The number of methoxy groups -OCH3 is 2. The second-order valence-electron chi connectivity index (χ2n) is 8.10. The molecule has 1 heterocycles. The first-order chi connectivity index (χ1) is 14.6. The van der Waals surface area contributed by atoms with Gasteiger partial charge in [-0.25, -0.2) is 0 Å². The summed E-state index contributed by atoms with van der Waals surface area (Å²) >= 11 is 0. The van der Waals surface area contributed by atoms with Gasteiger partial charge in [-0.2, -0.15) is 4.98 Å². The van der Waals surface area contributed by atoms with Crippen LogP contribution in [0.4, 0.5) is 0 Å². The molecule has 0 radical (unpaired) electrons. The summed E-state index contributed by atoms with van der Waals surface area (Å²) in [6.07, 6.45) is 2.37. The normalized spacial score (nSPS) is 13.8. The van der Waals surface area contributed by atoms with Gasteiger partial charge in [0.15, 0.2) is 0 Å². The molecule has 1 aromatic heterocycles. The molecule has 1 saturated carbocycles. The summed E-state index contributed by atoms with van der Waals surface area (Å²) in [5.41, 5.74) is 3.37. The van der Waals surface area contributed by atoms with Gasteiger partial charge in [0.25, 0.3) is 0 Å². The van der Waals surface area contributed by atoms with Crippen LogP contribution in [-0.4, -0.2) is 35.3 Å². The monoisotopic (exact) mass is 407 g/mol. The summed E-state index contributed by atoms with van der Waals surface area (Å²) in [5, 5.41) is 4.20. The zero-order valence-electron chi connectivity index (χ0n) is 18.1. The molecule has 0 amide bonds. The molecular formula is C24H29N3O3. The fourth-order valence-electron chi connectivity index (χ4n) is 3.61. The van der Waals surface area contributed by atoms with E-state index in [2.05, 4.69) is 53.2 Å². The van der Waals surface area contributed by atoms with Crippen LogP contribution in [0.5, 0.6) is 11.5 Å². The predicted octanol–water partition coefficient (Wildman–Crippen LogP) is 5.04. The average Bonchev–Trinajstić information content (AvgIpc) is 3.52. The Balaban J connectivity index is 1.50. The van der Waals surface area contributed by atoms with Crippen molar-refractivity contribution >= 4 is 0 Å². The Kier molecular flexibility index (Phi) is 6.04. The Bertz CT molecular complexity index is 978. The Labute approximate surface area is 177 Å². The second-order valence-corrected chi connectivity index (χ2v) is 8.10. The molecule has 0 saturated heterocycles. The molecule has 30 heavy (non-hydrogen) atoms. The molecule has 2 aromatic carbocycles. The average molecular weight is 408 g/mol. The third-order valence-electron chi connectivity index (χ3n) is 5.57. The Hall–Kier alpha value is -2.86. The van der Waals surface area contributed by atoms with Gasteiger partial charge in [0.05, 0.1) is 20.8 Å². The van der Waals surface area contributed by atoms with E-state index in [0.717, 1.165) is 29.2 Å². The predicted molar refractivity (Wildman–Crippen MR) is 116 cm³/mol. The number of rotatable bonds is 9. The first-order valence-corrected chi connectivity index (χ1v) is 10.4. The molecule has 1 aliphatic carbocycles. The molecule has 158 valence electrons. The van der Waals surface area contributed by atoms with Crippen molar-refractivity contribution in [2.45, 2.75) is 51.7 Å². The largest absolute Gasteiger partial charge is 0.497 e. The summed E-state index contributed by atoms with van der Waals surface area (Å²) in [6.45, 7) is 5.73. The van der Waals surface area contributed by atoms with Gasteiger partial charge >= 0.3 is 0 Å². The molecule has 0 aliphatic heterocycles. The third kappa shape index (κ3) is 4.65. The van der Waals surface area contributed by atoms with Gasteiger partial charge in [0.1, 0.15) is 11.5 Å².